The number of carbonyl (C=O) groups excluding carboxylic acids is 3. The van der Waals surface area contributed by atoms with Crippen molar-refractivity contribution >= 4 is 46.9 Å². The highest BCUT2D eigenvalue weighted by atomic mass is 35.5. The van der Waals surface area contributed by atoms with E-state index in [0.717, 1.165) is 16.7 Å². The van der Waals surface area contributed by atoms with Gasteiger partial charge in [0, 0.05) is 35.8 Å². The third-order valence-electron chi connectivity index (χ3n) is 6.55. The topological polar surface area (TPSA) is 152 Å². The Morgan fingerprint density at radius 3 is 1.67 bits per heavy atom. The van der Waals surface area contributed by atoms with E-state index in [4.69, 9.17) is 34.7 Å². The van der Waals surface area contributed by atoms with Gasteiger partial charge in [-0.2, -0.15) is 0 Å². The number of pyridine rings is 1. The number of benzene rings is 3. The molecule has 9 nitrogen and oxygen atoms in total. The number of nitrogens with one attached hydrogen (secondary N) is 3. The van der Waals surface area contributed by atoms with E-state index in [-0.39, 0.29) is 24.8 Å². The SMILES string of the molecule is NC(=O)NCc1ccc(CNC(=O)C(Cc2ccc(N)nc2)NC(=O)C(c2ccc(Cl)cc2)c2ccc(Cl)cc2)cc1. The van der Waals surface area contributed by atoms with E-state index in [9.17, 15) is 14.4 Å². The van der Waals surface area contributed by atoms with Gasteiger partial charge in [-0.3, -0.25) is 9.59 Å². The van der Waals surface area contributed by atoms with Crippen LogP contribution in [0.1, 0.15) is 33.7 Å². The summed E-state index contributed by atoms with van der Waals surface area (Å²) in [6.45, 7) is 0.528. The summed E-state index contributed by atoms with van der Waals surface area (Å²) in [5, 5.41) is 9.48. The first-order valence-corrected chi connectivity index (χ1v) is 13.8. The van der Waals surface area contributed by atoms with Crippen LogP contribution in [-0.4, -0.2) is 28.9 Å². The van der Waals surface area contributed by atoms with Gasteiger partial charge in [0.2, 0.25) is 11.8 Å². The highest BCUT2D eigenvalue weighted by Crippen LogP contribution is 2.28. The molecule has 0 bridgehead atoms. The van der Waals surface area contributed by atoms with Crippen LogP contribution in [0.25, 0.3) is 0 Å². The minimum absolute atomic E-state index is 0.191. The van der Waals surface area contributed by atoms with Crippen molar-refractivity contribution in [2.75, 3.05) is 5.73 Å². The van der Waals surface area contributed by atoms with Crippen LogP contribution in [-0.2, 0) is 29.1 Å². The summed E-state index contributed by atoms with van der Waals surface area (Å²) in [5.41, 5.74) is 14.7. The molecule has 4 rings (SSSR count). The molecule has 1 aromatic heterocycles. The van der Waals surface area contributed by atoms with Crippen molar-refractivity contribution in [2.24, 2.45) is 5.73 Å². The number of halogens is 2. The summed E-state index contributed by atoms with van der Waals surface area (Å²) in [4.78, 5) is 42.4. The van der Waals surface area contributed by atoms with E-state index in [2.05, 4.69) is 20.9 Å². The molecule has 0 radical (unpaired) electrons. The van der Waals surface area contributed by atoms with Crippen molar-refractivity contribution in [1.29, 1.82) is 0 Å². The second-order valence-corrected chi connectivity index (χ2v) is 10.5. The van der Waals surface area contributed by atoms with E-state index >= 15 is 0 Å². The predicted octanol–water partition coefficient (Wildman–Crippen LogP) is 4.31. The van der Waals surface area contributed by atoms with E-state index in [1.165, 1.54) is 0 Å². The van der Waals surface area contributed by atoms with Gasteiger partial charge >= 0.3 is 6.03 Å². The van der Waals surface area contributed by atoms with E-state index in [0.29, 0.717) is 33.5 Å². The molecule has 4 amide bonds. The van der Waals surface area contributed by atoms with Gasteiger partial charge in [0.15, 0.2) is 0 Å². The molecular formula is C31H30Cl2N6O3. The monoisotopic (exact) mass is 604 g/mol. The molecule has 11 heteroatoms. The second kappa shape index (κ2) is 14.3. The van der Waals surface area contributed by atoms with Crippen LogP contribution in [0, 0.1) is 0 Å². The third-order valence-corrected chi connectivity index (χ3v) is 7.05. The van der Waals surface area contributed by atoms with Crippen LogP contribution in [0.15, 0.2) is 91.1 Å². The molecule has 7 N–H and O–H groups in total. The van der Waals surface area contributed by atoms with Crippen molar-refractivity contribution in [3.63, 3.8) is 0 Å². The Kier molecular flexibility index (Phi) is 10.4. The van der Waals surface area contributed by atoms with Crippen LogP contribution >= 0.6 is 23.2 Å². The van der Waals surface area contributed by atoms with Gasteiger partial charge in [-0.15, -0.1) is 0 Å². The number of hydrogen-bond donors (Lipinski definition) is 5. The highest BCUT2D eigenvalue weighted by Gasteiger charge is 2.28. The lowest BCUT2D eigenvalue weighted by Crippen LogP contribution is -2.49. The first-order chi connectivity index (χ1) is 20.2. The smallest absolute Gasteiger partial charge is 0.312 e. The van der Waals surface area contributed by atoms with Gasteiger partial charge in [-0.05, 0) is 58.1 Å². The number of primary amides is 1. The fraction of sp³-hybridized carbons (Fsp3) is 0.161. The molecule has 0 aliphatic rings. The molecule has 0 aliphatic heterocycles. The average Bonchev–Trinajstić information content (AvgIpc) is 2.98. The first-order valence-electron chi connectivity index (χ1n) is 13.1. The molecule has 1 heterocycles. The van der Waals surface area contributed by atoms with Crippen LogP contribution < -0.4 is 27.4 Å². The number of aromatic nitrogens is 1. The lowest BCUT2D eigenvalue weighted by atomic mass is 9.90. The number of hydrogen-bond acceptors (Lipinski definition) is 5. The van der Waals surface area contributed by atoms with Crippen molar-refractivity contribution in [2.45, 2.75) is 31.5 Å². The van der Waals surface area contributed by atoms with Crippen LogP contribution in [0.3, 0.4) is 0 Å². The van der Waals surface area contributed by atoms with Gasteiger partial charge < -0.3 is 27.4 Å². The van der Waals surface area contributed by atoms with Crippen LogP contribution in [0.5, 0.6) is 0 Å². The summed E-state index contributed by atoms with van der Waals surface area (Å²) in [5.74, 6) is -1.11. The molecule has 0 spiro atoms. The molecule has 4 aromatic rings. The molecule has 0 saturated heterocycles. The summed E-state index contributed by atoms with van der Waals surface area (Å²) in [7, 11) is 0. The molecule has 0 saturated carbocycles. The number of rotatable bonds is 11. The number of anilines is 1. The largest absolute Gasteiger partial charge is 0.384 e. The van der Waals surface area contributed by atoms with Crippen molar-refractivity contribution < 1.29 is 14.4 Å². The Morgan fingerprint density at radius 2 is 1.19 bits per heavy atom. The van der Waals surface area contributed by atoms with Gasteiger partial charge in [0.25, 0.3) is 0 Å². The quantitative estimate of drug-likeness (QED) is 0.173. The molecule has 42 heavy (non-hydrogen) atoms. The van der Waals surface area contributed by atoms with Crippen molar-refractivity contribution in [3.05, 3.63) is 129 Å². The fourth-order valence-corrected chi connectivity index (χ4v) is 4.59. The molecule has 216 valence electrons. The normalized spacial score (nSPS) is 11.5. The average molecular weight is 606 g/mol. The number of nitrogens with two attached hydrogens (primary N) is 2. The lowest BCUT2D eigenvalue weighted by Gasteiger charge is -2.23. The Hall–Kier alpha value is -4.60. The minimum Gasteiger partial charge on any atom is -0.384 e. The Labute approximate surface area is 253 Å². The summed E-state index contributed by atoms with van der Waals surface area (Å²) in [6.07, 6.45) is 1.77. The highest BCUT2D eigenvalue weighted by molar-refractivity contribution is 6.30. The molecular weight excluding hydrogens is 575 g/mol. The number of carbonyl (C=O) groups is 3. The van der Waals surface area contributed by atoms with E-state index in [1.807, 2.05) is 24.3 Å². The van der Waals surface area contributed by atoms with E-state index in [1.54, 1.807) is 66.9 Å². The summed E-state index contributed by atoms with van der Waals surface area (Å²) >= 11 is 12.2. The van der Waals surface area contributed by atoms with Gasteiger partial charge in [-0.1, -0.05) is 77.8 Å². The minimum atomic E-state index is -0.913. The van der Waals surface area contributed by atoms with Crippen LogP contribution in [0.2, 0.25) is 10.0 Å². The zero-order valence-corrected chi connectivity index (χ0v) is 24.0. The maximum absolute atomic E-state index is 13.9. The predicted molar refractivity (Wildman–Crippen MR) is 164 cm³/mol. The van der Waals surface area contributed by atoms with Gasteiger partial charge in [0.05, 0.1) is 5.92 Å². The fourth-order valence-electron chi connectivity index (χ4n) is 4.34. The maximum Gasteiger partial charge on any atom is 0.312 e. The Balaban J connectivity index is 1.54. The van der Waals surface area contributed by atoms with Crippen molar-refractivity contribution in [1.82, 2.24) is 20.9 Å². The third kappa shape index (κ3) is 8.70. The number of urea groups is 1. The molecule has 1 unspecified atom stereocenters. The Bertz CT molecular complexity index is 1470. The van der Waals surface area contributed by atoms with E-state index < -0.39 is 18.0 Å². The standard InChI is InChI=1S/C31H30Cl2N6O3/c32-24-10-6-22(7-11-24)28(23-8-12-25(33)13-9-23)30(41)39-26(15-21-5-14-27(34)36-18-21)29(40)37-16-19-1-3-20(4-2-19)17-38-31(35)42/h1-14,18,26,28H,15-17H2,(H2,34,36)(H,37,40)(H,39,41)(H3,35,38,42). The lowest BCUT2D eigenvalue weighted by molar-refractivity contribution is -0.129. The zero-order chi connectivity index (χ0) is 30.1. The second-order valence-electron chi connectivity index (χ2n) is 9.64. The van der Waals surface area contributed by atoms with Crippen LogP contribution in [0.4, 0.5) is 10.6 Å². The number of nitrogens with zero attached hydrogens (tertiary/aromatic N) is 1. The van der Waals surface area contributed by atoms with Crippen molar-refractivity contribution in [3.8, 4) is 0 Å². The number of nitrogen functional groups attached to an aromatic ring is 1. The number of amides is 4. The maximum atomic E-state index is 13.9. The Morgan fingerprint density at radius 1 is 0.690 bits per heavy atom. The molecule has 3 aromatic carbocycles. The molecule has 0 fully saturated rings. The first kappa shape index (κ1) is 30.4. The molecule has 0 aliphatic carbocycles. The van der Waals surface area contributed by atoms with Gasteiger partial charge in [-0.25, -0.2) is 9.78 Å². The van der Waals surface area contributed by atoms with Gasteiger partial charge in [0.1, 0.15) is 11.9 Å². The molecule has 1 atom stereocenters. The zero-order valence-electron chi connectivity index (χ0n) is 22.5. The summed E-state index contributed by atoms with van der Waals surface area (Å²) in [6, 6.07) is 23.2. The summed E-state index contributed by atoms with van der Waals surface area (Å²) < 4.78 is 0.